The van der Waals surface area contributed by atoms with Crippen LogP contribution in [-0.4, -0.2) is 4.98 Å². The summed E-state index contributed by atoms with van der Waals surface area (Å²) in [6, 6.07) is 6.81. The van der Waals surface area contributed by atoms with Crippen molar-refractivity contribution >= 4 is 10.9 Å². The van der Waals surface area contributed by atoms with Gasteiger partial charge in [-0.1, -0.05) is 39.8 Å². The standard InChI is InChI=1S/C15H21N/c1-5-11(4)14-9-16-15-8-12(10(2)3)6-7-13(14)15/h6-11,16H,5H2,1-4H3. The van der Waals surface area contributed by atoms with Crippen LogP contribution in [0.4, 0.5) is 0 Å². The van der Waals surface area contributed by atoms with Crippen LogP contribution in [0, 0.1) is 0 Å². The Kier molecular flexibility index (Phi) is 3.04. The van der Waals surface area contributed by atoms with E-state index in [0.29, 0.717) is 11.8 Å². The first kappa shape index (κ1) is 11.3. The lowest BCUT2D eigenvalue weighted by molar-refractivity contribution is 0.739. The number of H-pyrrole nitrogens is 1. The van der Waals surface area contributed by atoms with E-state index < -0.39 is 0 Å². The summed E-state index contributed by atoms with van der Waals surface area (Å²) in [5.41, 5.74) is 4.14. The van der Waals surface area contributed by atoms with Crippen LogP contribution in [0.15, 0.2) is 24.4 Å². The first-order valence-electron chi connectivity index (χ1n) is 6.24. The maximum Gasteiger partial charge on any atom is 0.0459 e. The van der Waals surface area contributed by atoms with Crippen molar-refractivity contribution in [3.63, 3.8) is 0 Å². The van der Waals surface area contributed by atoms with Crippen molar-refractivity contribution < 1.29 is 0 Å². The second-order valence-electron chi connectivity index (χ2n) is 5.01. The van der Waals surface area contributed by atoms with Crippen LogP contribution < -0.4 is 0 Å². The summed E-state index contributed by atoms with van der Waals surface area (Å²) in [6.45, 7) is 9.00. The zero-order valence-electron chi connectivity index (χ0n) is 10.7. The van der Waals surface area contributed by atoms with Gasteiger partial charge in [0.05, 0.1) is 0 Å². The van der Waals surface area contributed by atoms with Crippen molar-refractivity contribution in [2.45, 2.75) is 46.0 Å². The van der Waals surface area contributed by atoms with Crippen LogP contribution in [0.1, 0.15) is 57.1 Å². The Bertz CT molecular complexity index is 479. The zero-order chi connectivity index (χ0) is 11.7. The number of aromatic amines is 1. The molecule has 1 aromatic carbocycles. The third kappa shape index (κ3) is 1.87. The molecule has 0 radical (unpaired) electrons. The van der Waals surface area contributed by atoms with Crippen molar-refractivity contribution in [2.24, 2.45) is 0 Å². The fourth-order valence-electron chi connectivity index (χ4n) is 2.15. The summed E-state index contributed by atoms with van der Waals surface area (Å²) >= 11 is 0. The fourth-order valence-corrected chi connectivity index (χ4v) is 2.15. The minimum absolute atomic E-state index is 0.597. The summed E-state index contributed by atoms with van der Waals surface area (Å²) in [4.78, 5) is 3.40. The number of aromatic nitrogens is 1. The highest BCUT2D eigenvalue weighted by Crippen LogP contribution is 2.29. The van der Waals surface area contributed by atoms with E-state index in [2.05, 4.69) is 57.1 Å². The minimum atomic E-state index is 0.597. The lowest BCUT2D eigenvalue weighted by atomic mass is 9.96. The summed E-state index contributed by atoms with van der Waals surface area (Å²) in [5, 5.41) is 1.39. The molecule has 1 aromatic heterocycles. The molecule has 2 aromatic rings. The van der Waals surface area contributed by atoms with Gasteiger partial charge in [-0.3, -0.25) is 0 Å². The molecule has 0 spiro atoms. The monoisotopic (exact) mass is 215 g/mol. The van der Waals surface area contributed by atoms with E-state index in [9.17, 15) is 0 Å². The smallest absolute Gasteiger partial charge is 0.0459 e. The number of fused-ring (bicyclic) bond motifs is 1. The van der Waals surface area contributed by atoms with Gasteiger partial charge in [-0.15, -0.1) is 0 Å². The minimum Gasteiger partial charge on any atom is -0.361 e. The molecule has 0 amide bonds. The Morgan fingerprint density at radius 3 is 2.56 bits per heavy atom. The number of hydrogen-bond acceptors (Lipinski definition) is 0. The van der Waals surface area contributed by atoms with Gasteiger partial charge in [-0.2, -0.15) is 0 Å². The maximum atomic E-state index is 3.40. The van der Waals surface area contributed by atoms with E-state index >= 15 is 0 Å². The molecule has 0 saturated heterocycles. The molecule has 1 atom stereocenters. The second kappa shape index (κ2) is 4.32. The van der Waals surface area contributed by atoms with Crippen molar-refractivity contribution in [3.8, 4) is 0 Å². The molecule has 0 fully saturated rings. The quantitative estimate of drug-likeness (QED) is 0.756. The highest BCUT2D eigenvalue weighted by Gasteiger charge is 2.10. The Morgan fingerprint density at radius 2 is 1.94 bits per heavy atom. The Labute approximate surface area is 97.9 Å². The van der Waals surface area contributed by atoms with Crippen molar-refractivity contribution in [1.82, 2.24) is 4.98 Å². The lowest BCUT2D eigenvalue weighted by Gasteiger charge is -2.08. The van der Waals surface area contributed by atoms with E-state index in [1.165, 1.54) is 28.5 Å². The van der Waals surface area contributed by atoms with E-state index in [-0.39, 0.29) is 0 Å². The van der Waals surface area contributed by atoms with Crippen LogP contribution in [0.2, 0.25) is 0 Å². The van der Waals surface area contributed by atoms with Gasteiger partial charge in [-0.05, 0) is 35.4 Å². The van der Waals surface area contributed by atoms with Crippen LogP contribution >= 0.6 is 0 Å². The molecule has 2 rings (SSSR count). The molecule has 0 aliphatic carbocycles. The zero-order valence-corrected chi connectivity index (χ0v) is 10.7. The molecule has 86 valence electrons. The molecule has 1 heterocycles. The molecule has 16 heavy (non-hydrogen) atoms. The Morgan fingerprint density at radius 1 is 1.19 bits per heavy atom. The maximum absolute atomic E-state index is 3.40. The first-order valence-corrected chi connectivity index (χ1v) is 6.24. The van der Waals surface area contributed by atoms with Crippen LogP contribution in [-0.2, 0) is 0 Å². The lowest BCUT2D eigenvalue weighted by Crippen LogP contribution is -1.90. The predicted octanol–water partition coefficient (Wildman–Crippen LogP) is 4.80. The van der Waals surface area contributed by atoms with Gasteiger partial charge >= 0.3 is 0 Å². The summed E-state index contributed by atoms with van der Waals surface area (Å²) in [6.07, 6.45) is 3.36. The number of benzene rings is 1. The third-order valence-electron chi connectivity index (χ3n) is 3.55. The van der Waals surface area contributed by atoms with Gasteiger partial charge in [0, 0.05) is 17.1 Å². The third-order valence-corrected chi connectivity index (χ3v) is 3.55. The fraction of sp³-hybridized carbons (Fsp3) is 0.467. The number of rotatable bonds is 3. The molecule has 1 unspecified atom stereocenters. The first-order chi connectivity index (χ1) is 7.63. The molecule has 1 heteroatoms. The average molecular weight is 215 g/mol. The summed E-state index contributed by atoms with van der Waals surface area (Å²) in [7, 11) is 0. The topological polar surface area (TPSA) is 15.8 Å². The van der Waals surface area contributed by atoms with Gasteiger partial charge in [0.25, 0.3) is 0 Å². The van der Waals surface area contributed by atoms with Gasteiger partial charge < -0.3 is 4.98 Å². The summed E-state index contributed by atoms with van der Waals surface area (Å²) < 4.78 is 0. The van der Waals surface area contributed by atoms with Crippen molar-refractivity contribution in [2.75, 3.05) is 0 Å². The van der Waals surface area contributed by atoms with Crippen molar-refractivity contribution in [1.29, 1.82) is 0 Å². The number of hydrogen-bond donors (Lipinski definition) is 1. The van der Waals surface area contributed by atoms with Crippen LogP contribution in [0.25, 0.3) is 10.9 Å². The molecular weight excluding hydrogens is 194 g/mol. The molecule has 1 nitrogen and oxygen atoms in total. The van der Waals surface area contributed by atoms with Gasteiger partial charge in [0.2, 0.25) is 0 Å². The molecular formula is C15H21N. The van der Waals surface area contributed by atoms with Crippen molar-refractivity contribution in [3.05, 3.63) is 35.5 Å². The molecule has 1 N–H and O–H groups in total. The highest BCUT2D eigenvalue weighted by atomic mass is 14.7. The molecule has 0 bridgehead atoms. The SMILES string of the molecule is CCC(C)c1c[nH]c2cc(C(C)C)ccc12. The van der Waals surface area contributed by atoms with Crippen LogP contribution in [0.3, 0.4) is 0 Å². The van der Waals surface area contributed by atoms with E-state index in [1.54, 1.807) is 0 Å². The Hall–Kier alpha value is -1.24. The predicted molar refractivity (Wildman–Crippen MR) is 71.1 cm³/mol. The highest BCUT2D eigenvalue weighted by molar-refractivity contribution is 5.84. The molecule has 0 saturated carbocycles. The van der Waals surface area contributed by atoms with Crippen LogP contribution in [0.5, 0.6) is 0 Å². The van der Waals surface area contributed by atoms with Gasteiger partial charge in [0.1, 0.15) is 0 Å². The van der Waals surface area contributed by atoms with E-state index in [1.807, 2.05) is 0 Å². The van der Waals surface area contributed by atoms with E-state index in [0.717, 1.165) is 0 Å². The summed E-state index contributed by atoms with van der Waals surface area (Å²) in [5.74, 6) is 1.23. The largest absolute Gasteiger partial charge is 0.361 e. The molecule has 0 aliphatic heterocycles. The normalized spacial score (nSPS) is 13.6. The molecule has 0 aliphatic rings. The average Bonchev–Trinajstić information content (AvgIpc) is 2.70. The Balaban J connectivity index is 2.50. The second-order valence-corrected chi connectivity index (χ2v) is 5.01. The van der Waals surface area contributed by atoms with E-state index in [4.69, 9.17) is 0 Å². The number of nitrogens with one attached hydrogen (secondary N) is 1. The van der Waals surface area contributed by atoms with Gasteiger partial charge in [0.15, 0.2) is 0 Å². The van der Waals surface area contributed by atoms with Gasteiger partial charge in [-0.25, -0.2) is 0 Å².